The molecule has 2 aliphatic rings. The Hall–Kier alpha value is -0.610. The number of hydrogen-bond acceptors (Lipinski definition) is 3. The number of nitrogens with zero attached hydrogens (tertiary/aromatic N) is 2. The molecule has 0 aliphatic carbocycles. The fourth-order valence-corrected chi connectivity index (χ4v) is 3.52. The lowest BCUT2D eigenvalue weighted by Gasteiger charge is -2.36. The van der Waals surface area contributed by atoms with E-state index < -0.39 is 0 Å². The van der Waals surface area contributed by atoms with E-state index in [1.54, 1.807) is 7.11 Å². The van der Waals surface area contributed by atoms with E-state index in [0.717, 1.165) is 37.9 Å². The zero-order valence-corrected chi connectivity index (χ0v) is 13.1. The van der Waals surface area contributed by atoms with Crippen LogP contribution in [-0.2, 0) is 9.53 Å². The minimum atomic E-state index is 0.149. The minimum absolute atomic E-state index is 0.149. The van der Waals surface area contributed by atoms with E-state index in [1.165, 1.54) is 38.8 Å². The second-order valence-corrected chi connectivity index (χ2v) is 6.43. The molecule has 4 nitrogen and oxygen atoms in total. The van der Waals surface area contributed by atoms with Crippen molar-refractivity contribution in [3.63, 3.8) is 0 Å². The average molecular weight is 282 g/mol. The minimum Gasteiger partial charge on any atom is -0.375 e. The molecule has 0 saturated carbocycles. The first-order valence-corrected chi connectivity index (χ1v) is 8.21. The van der Waals surface area contributed by atoms with Crippen molar-refractivity contribution in [2.75, 3.05) is 39.9 Å². The molecular weight excluding hydrogens is 252 g/mol. The molecule has 20 heavy (non-hydrogen) atoms. The summed E-state index contributed by atoms with van der Waals surface area (Å²) < 4.78 is 4.92. The van der Waals surface area contributed by atoms with Gasteiger partial charge in [0.05, 0.1) is 0 Å². The van der Waals surface area contributed by atoms with Crippen LogP contribution >= 0.6 is 0 Å². The lowest BCUT2D eigenvalue weighted by atomic mass is 9.92. The highest BCUT2D eigenvalue weighted by Crippen LogP contribution is 2.23. The molecule has 0 N–H and O–H groups in total. The van der Waals surface area contributed by atoms with E-state index in [9.17, 15) is 4.79 Å². The van der Waals surface area contributed by atoms with Crippen LogP contribution < -0.4 is 0 Å². The summed E-state index contributed by atoms with van der Waals surface area (Å²) >= 11 is 0. The normalized spacial score (nSPS) is 25.9. The average Bonchev–Trinajstić information content (AvgIpc) is 2.47. The highest BCUT2D eigenvalue weighted by atomic mass is 16.5. The molecule has 2 heterocycles. The van der Waals surface area contributed by atoms with Gasteiger partial charge in [0.2, 0.25) is 5.91 Å². The predicted octanol–water partition coefficient (Wildman–Crippen LogP) is 2.14. The van der Waals surface area contributed by atoms with Gasteiger partial charge in [-0.3, -0.25) is 4.79 Å². The summed E-state index contributed by atoms with van der Waals surface area (Å²) in [5.41, 5.74) is 0. The van der Waals surface area contributed by atoms with Gasteiger partial charge in [-0.25, -0.2) is 0 Å². The van der Waals surface area contributed by atoms with Crippen LogP contribution in [0.1, 0.15) is 45.4 Å². The van der Waals surface area contributed by atoms with Crippen LogP contribution in [0.3, 0.4) is 0 Å². The Balaban J connectivity index is 1.65. The Bertz CT molecular complexity index is 301. The van der Waals surface area contributed by atoms with E-state index in [-0.39, 0.29) is 12.5 Å². The van der Waals surface area contributed by atoms with Crippen LogP contribution in [0.5, 0.6) is 0 Å². The van der Waals surface area contributed by atoms with Gasteiger partial charge in [0.1, 0.15) is 6.61 Å². The van der Waals surface area contributed by atoms with E-state index >= 15 is 0 Å². The van der Waals surface area contributed by atoms with Crippen LogP contribution in [0.15, 0.2) is 0 Å². The largest absolute Gasteiger partial charge is 0.375 e. The van der Waals surface area contributed by atoms with Gasteiger partial charge in [0.15, 0.2) is 0 Å². The number of likely N-dealkylation sites (tertiary alicyclic amines) is 2. The standard InChI is InChI=1S/C16H30N2O2/c1-14-5-3-4-9-17(14)10-6-15-7-11-18(12-8-15)16(19)13-20-2/h14-15H,3-13H2,1-2H3/t14-/m0/s1. The number of hydrogen-bond donors (Lipinski definition) is 0. The van der Waals surface area contributed by atoms with Crippen molar-refractivity contribution < 1.29 is 9.53 Å². The lowest BCUT2D eigenvalue weighted by Crippen LogP contribution is -2.42. The topological polar surface area (TPSA) is 32.8 Å². The van der Waals surface area contributed by atoms with Crippen LogP contribution in [-0.4, -0.2) is 61.6 Å². The number of carbonyl (C=O) groups is 1. The Morgan fingerprint density at radius 1 is 1.15 bits per heavy atom. The van der Waals surface area contributed by atoms with Crippen LogP contribution in [0, 0.1) is 5.92 Å². The van der Waals surface area contributed by atoms with Gasteiger partial charge < -0.3 is 14.5 Å². The summed E-state index contributed by atoms with van der Waals surface area (Å²) in [7, 11) is 1.59. The molecule has 116 valence electrons. The number of piperidine rings is 2. The highest BCUT2D eigenvalue weighted by molar-refractivity contribution is 5.77. The molecule has 0 aromatic carbocycles. The van der Waals surface area contributed by atoms with Crippen LogP contribution in [0.2, 0.25) is 0 Å². The fourth-order valence-electron chi connectivity index (χ4n) is 3.52. The first kappa shape index (κ1) is 15.8. The van der Waals surface area contributed by atoms with Crippen molar-refractivity contribution in [1.82, 2.24) is 9.80 Å². The molecule has 2 fully saturated rings. The molecule has 1 atom stereocenters. The summed E-state index contributed by atoms with van der Waals surface area (Å²) in [6.45, 7) is 6.97. The maximum atomic E-state index is 11.7. The van der Waals surface area contributed by atoms with Gasteiger partial charge in [-0.15, -0.1) is 0 Å². The third kappa shape index (κ3) is 4.45. The molecule has 0 aromatic heterocycles. The summed E-state index contributed by atoms with van der Waals surface area (Å²) in [6.07, 6.45) is 7.77. The second-order valence-electron chi connectivity index (χ2n) is 6.43. The SMILES string of the molecule is COCC(=O)N1CCC(CCN2CCCC[C@@H]2C)CC1. The molecular formula is C16H30N2O2. The molecule has 0 spiro atoms. The van der Waals surface area contributed by atoms with Crippen molar-refractivity contribution in [3.8, 4) is 0 Å². The summed E-state index contributed by atoms with van der Waals surface area (Å²) in [5.74, 6) is 0.950. The number of ether oxygens (including phenoxy) is 1. The number of rotatable bonds is 5. The number of amides is 1. The Morgan fingerprint density at radius 3 is 2.55 bits per heavy atom. The van der Waals surface area contributed by atoms with E-state index in [0.29, 0.717) is 0 Å². The molecule has 1 amide bonds. The van der Waals surface area contributed by atoms with E-state index in [4.69, 9.17) is 4.74 Å². The zero-order valence-electron chi connectivity index (χ0n) is 13.1. The number of carbonyl (C=O) groups excluding carboxylic acids is 1. The summed E-state index contributed by atoms with van der Waals surface area (Å²) in [5, 5.41) is 0. The Kier molecular flexibility index (Phi) is 6.30. The van der Waals surface area contributed by atoms with E-state index in [1.807, 2.05) is 4.90 Å². The first-order chi connectivity index (χ1) is 9.70. The van der Waals surface area contributed by atoms with Gasteiger partial charge in [-0.05, 0) is 58.0 Å². The quantitative estimate of drug-likeness (QED) is 0.774. The van der Waals surface area contributed by atoms with Crippen molar-refractivity contribution in [2.45, 2.75) is 51.5 Å². The van der Waals surface area contributed by atoms with Crippen molar-refractivity contribution in [1.29, 1.82) is 0 Å². The molecule has 2 aliphatic heterocycles. The molecule has 2 rings (SSSR count). The fraction of sp³-hybridized carbons (Fsp3) is 0.938. The van der Waals surface area contributed by atoms with Crippen molar-refractivity contribution >= 4 is 5.91 Å². The monoisotopic (exact) mass is 282 g/mol. The van der Waals surface area contributed by atoms with Crippen molar-refractivity contribution in [2.24, 2.45) is 5.92 Å². The lowest BCUT2D eigenvalue weighted by molar-refractivity contribution is -0.136. The van der Waals surface area contributed by atoms with Gasteiger partial charge in [-0.1, -0.05) is 6.42 Å². The van der Waals surface area contributed by atoms with Gasteiger partial charge >= 0.3 is 0 Å². The Morgan fingerprint density at radius 2 is 1.90 bits per heavy atom. The van der Waals surface area contributed by atoms with Gasteiger partial charge in [-0.2, -0.15) is 0 Å². The second kappa shape index (κ2) is 7.99. The molecule has 4 heteroatoms. The summed E-state index contributed by atoms with van der Waals surface area (Å²) in [6, 6.07) is 0.770. The molecule has 2 saturated heterocycles. The molecule has 0 radical (unpaired) electrons. The maximum Gasteiger partial charge on any atom is 0.248 e. The predicted molar refractivity (Wildman–Crippen MR) is 80.7 cm³/mol. The first-order valence-electron chi connectivity index (χ1n) is 8.21. The maximum absolute atomic E-state index is 11.7. The zero-order chi connectivity index (χ0) is 14.4. The highest BCUT2D eigenvalue weighted by Gasteiger charge is 2.24. The van der Waals surface area contributed by atoms with Gasteiger partial charge in [0.25, 0.3) is 0 Å². The Labute approximate surface area is 123 Å². The summed E-state index contributed by atoms with van der Waals surface area (Å²) in [4.78, 5) is 16.4. The van der Waals surface area contributed by atoms with E-state index in [2.05, 4.69) is 11.8 Å². The smallest absolute Gasteiger partial charge is 0.248 e. The molecule has 0 bridgehead atoms. The molecule has 0 unspecified atom stereocenters. The van der Waals surface area contributed by atoms with Crippen LogP contribution in [0.4, 0.5) is 0 Å². The third-order valence-electron chi connectivity index (χ3n) is 5.00. The van der Waals surface area contributed by atoms with Crippen LogP contribution in [0.25, 0.3) is 0 Å². The molecule has 0 aromatic rings. The third-order valence-corrected chi connectivity index (χ3v) is 5.00. The number of methoxy groups -OCH3 is 1. The van der Waals surface area contributed by atoms with Crippen molar-refractivity contribution in [3.05, 3.63) is 0 Å². The van der Waals surface area contributed by atoms with Gasteiger partial charge in [0, 0.05) is 26.2 Å².